The van der Waals surface area contributed by atoms with Gasteiger partial charge in [0.1, 0.15) is 22.8 Å². The first kappa shape index (κ1) is 33.0. The SMILES string of the molecule is CCN(CC)C(C)CN1c2ccccc2Sc2ccccc21.COc1cccc(-c2cc(=O)c3ccc(OC)cc3o2)c1.Cl. The monoisotopic (exact) mass is 630 g/mol. The Hall–Kier alpha value is -3.91. The summed E-state index contributed by atoms with van der Waals surface area (Å²) in [7, 11) is 3.17. The number of halogens is 1. The molecule has 2 heterocycles. The summed E-state index contributed by atoms with van der Waals surface area (Å²) < 4.78 is 16.2. The van der Waals surface area contributed by atoms with Crippen LogP contribution in [0.1, 0.15) is 20.8 Å². The molecule has 0 spiro atoms. The predicted molar refractivity (Wildman–Crippen MR) is 185 cm³/mol. The molecule has 4 aromatic carbocycles. The van der Waals surface area contributed by atoms with Crippen molar-refractivity contribution in [3.8, 4) is 22.8 Å². The van der Waals surface area contributed by atoms with E-state index in [4.69, 9.17) is 13.9 Å². The van der Waals surface area contributed by atoms with Crippen LogP contribution in [0, 0.1) is 0 Å². The molecule has 1 unspecified atom stereocenters. The van der Waals surface area contributed by atoms with Gasteiger partial charge in [0.25, 0.3) is 0 Å². The first-order valence-electron chi connectivity index (χ1n) is 14.6. The minimum Gasteiger partial charge on any atom is -0.497 e. The number of benzene rings is 4. The lowest BCUT2D eigenvalue weighted by molar-refractivity contribution is 0.236. The van der Waals surface area contributed by atoms with Crippen LogP contribution in [-0.2, 0) is 0 Å². The zero-order chi connectivity index (χ0) is 30.3. The Bertz CT molecular complexity index is 1710. The lowest BCUT2D eigenvalue weighted by Crippen LogP contribution is -2.41. The Morgan fingerprint density at radius 3 is 2.02 bits per heavy atom. The van der Waals surface area contributed by atoms with Gasteiger partial charge in [-0.05, 0) is 68.5 Å². The number of rotatable bonds is 8. The van der Waals surface area contributed by atoms with Gasteiger partial charge < -0.3 is 18.8 Å². The molecule has 0 radical (unpaired) electrons. The maximum Gasteiger partial charge on any atom is 0.193 e. The van der Waals surface area contributed by atoms with Crippen LogP contribution in [0.4, 0.5) is 11.4 Å². The van der Waals surface area contributed by atoms with E-state index in [1.165, 1.54) is 27.2 Å². The van der Waals surface area contributed by atoms with E-state index < -0.39 is 0 Å². The van der Waals surface area contributed by atoms with Crippen molar-refractivity contribution >= 4 is 46.5 Å². The van der Waals surface area contributed by atoms with Crippen LogP contribution < -0.4 is 19.8 Å². The summed E-state index contributed by atoms with van der Waals surface area (Å²) in [6.07, 6.45) is 0. The molecule has 0 N–H and O–H groups in total. The highest BCUT2D eigenvalue weighted by Crippen LogP contribution is 2.47. The lowest BCUT2D eigenvalue weighted by atomic mass is 10.1. The van der Waals surface area contributed by atoms with Gasteiger partial charge in [0.2, 0.25) is 0 Å². The summed E-state index contributed by atoms with van der Waals surface area (Å²) in [4.78, 5) is 19.9. The van der Waals surface area contributed by atoms with E-state index in [0.717, 1.165) is 25.2 Å². The van der Waals surface area contributed by atoms with Gasteiger partial charge >= 0.3 is 0 Å². The zero-order valence-corrected chi connectivity index (χ0v) is 27.4. The average molecular weight is 631 g/mol. The summed E-state index contributed by atoms with van der Waals surface area (Å²) in [5.74, 6) is 1.86. The highest BCUT2D eigenvalue weighted by Gasteiger charge is 2.25. The van der Waals surface area contributed by atoms with Crippen LogP contribution >= 0.6 is 24.2 Å². The van der Waals surface area contributed by atoms with Crippen molar-refractivity contribution in [3.63, 3.8) is 0 Å². The molecule has 0 saturated carbocycles. The Morgan fingerprint density at radius 2 is 1.41 bits per heavy atom. The molecule has 1 aliphatic heterocycles. The number of methoxy groups -OCH3 is 2. The molecule has 0 saturated heterocycles. The van der Waals surface area contributed by atoms with Crippen LogP contribution in [0.5, 0.6) is 11.5 Å². The first-order chi connectivity index (χ1) is 20.9. The summed E-state index contributed by atoms with van der Waals surface area (Å²) in [6.45, 7) is 10.0. The Labute approximate surface area is 270 Å². The van der Waals surface area contributed by atoms with E-state index >= 15 is 0 Å². The molecule has 0 fully saturated rings. The number of hydrogen-bond acceptors (Lipinski definition) is 7. The molecule has 5 aromatic rings. The molecule has 0 amide bonds. The molecule has 0 aliphatic carbocycles. The fourth-order valence-corrected chi connectivity index (χ4v) is 6.48. The second kappa shape index (κ2) is 15.2. The third kappa shape index (κ3) is 7.24. The molecule has 44 heavy (non-hydrogen) atoms. The van der Waals surface area contributed by atoms with E-state index in [0.29, 0.717) is 34.3 Å². The minimum absolute atomic E-state index is 0. The fraction of sp³-hybridized carbons (Fsp3) is 0.250. The van der Waals surface area contributed by atoms with Gasteiger partial charge in [-0.1, -0.05) is 62.0 Å². The Balaban J connectivity index is 0.000000197. The molecule has 0 bridgehead atoms. The highest BCUT2D eigenvalue weighted by molar-refractivity contribution is 7.99. The number of likely N-dealkylation sites (N-methyl/N-ethyl adjacent to an activating group) is 1. The summed E-state index contributed by atoms with van der Waals surface area (Å²) in [5, 5.41) is 0.530. The quantitative estimate of drug-likeness (QED) is 0.170. The molecular formula is C36H39ClN2O4S. The summed E-state index contributed by atoms with van der Waals surface area (Å²) >= 11 is 1.88. The lowest BCUT2D eigenvalue weighted by Gasteiger charge is -2.37. The molecule has 6 nitrogen and oxygen atoms in total. The van der Waals surface area contributed by atoms with Gasteiger partial charge in [0.05, 0.1) is 31.0 Å². The Morgan fingerprint density at radius 1 is 0.795 bits per heavy atom. The van der Waals surface area contributed by atoms with Crippen molar-refractivity contribution in [2.75, 3.05) is 38.8 Å². The van der Waals surface area contributed by atoms with Gasteiger partial charge in [-0.2, -0.15) is 0 Å². The normalized spacial score (nSPS) is 12.4. The minimum atomic E-state index is -0.0864. The van der Waals surface area contributed by atoms with Crippen LogP contribution in [-0.4, -0.2) is 44.8 Å². The first-order valence-corrected chi connectivity index (χ1v) is 15.4. The molecule has 1 aromatic heterocycles. The van der Waals surface area contributed by atoms with E-state index in [1.54, 1.807) is 32.4 Å². The largest absolute Gasteiger partial charge is 0.497 e. The van der Waals surface area contributed by atoms with E-state index in [-0.39, 0.29) is 17.8 Å². The number of nitrogens with zero attached hydrogens (tertiary/aromatic N) is 2. The number of para-hydroxylation sites is 2. The third-order valence-electron chi connectivity index (χ3n) is 7.71. The average Bonchev–Trinajstić information content (AvgIpc) is 3.05. The van der Waals surface area contributed by atoms with Crippen LogP contribution in [0.15, 0.2) is 116 Å². The third-order valence-corrected chi connectivity index (χ3v) is 8.84. The number of fused-ring (bicyclic) bond motifs is 3. The van der Waals surface area contributed by atoms with Crippen molar-refractivity contribution in [1.82, 2.24) is 4.90 Å². The molecule has 230 valence electrons. The fourth-order valence-electron chi connectivity index (χ4n) is 5.39. The Kier molecular flexibility index (Phi) is 11.4. The van der Waals surface area contributed by atoms with Gasteiger partial charge in [-0.3, -0.25) is 9.69 Å². The summed E-state index contributed by atoms with van der Waals surface area (Å²) in [5.41, 5.74) is 3.88. The van der Waals surface area contributed by atoms with Crippen LogP contribution in [0.2, 0.25) is 0 Å². The van der Waals surface area contributed by atoms with E-state index in [1.807, 2.05) is 36.0 Å². The van der Waals surface area contributed by atoms with Crippen LogP contribution in [0.25, 0.3) is 22.3 Å². The van der Waals surface area contributed by atoms with Crippen molar-refractivity contribution in [1.29, 1.82) is 0 Å². The molecule has 1 atom stereocenters. The molecule has 8 heteroatoms. The second-order valence-electron chi connectivity index (χ2n) is 10.3. The predicted octanol–water partition coefficient (Wildman–Crippen LogP) is 8.92. The smallest absolute Gasteiger partial charge is 0.193 e. The van der Waals surface area contributed by atoms with Gasteiger partial charge in [0.15, 0.2) is 5.43 Å². The van der Waals surface area contributed by atoms with E-state index in [2.05, 4.69) is 79.1 Å². The van der Waals surface area contributed by atoms with Gasteiger partial charge in [0, 0.05) is 40.1 Å². The van der Waals surface area contributed by atoms with Gasteiger partial charge in [-0.25, -0.2) is 0 Å². The molecule has 6 rings (SSSR count). The summed E-state index contributed by atoms with van der Waals surface area (Å²) in [6, 6.07) is 32.0. The van der Waals surface area contributed by atoms with Crippen molar-refractivity contribution < 1.29 is 13.9 Å². The highest BCUT2D eigenvalue weighted by atomic mass is 35.5. The molecule has 1 aliphatic rings. The van der Waals surface area contributed by atoms with Gasteiger partial charge in [-0.15, -0.1) is 12.4 Å². The van der Waals surface area contributed by atoms with E-state index in [9.17, 15) is 4.79 Å². The topological polar surface area (TPSA) is 55.2 Å². The number of ether oxygens (including phenoxy) is 2. The molecular weight excluding hydrogens is 592 g/mol. The standard InChI is InChI=1S/C19H24N2S.C17H14O4.ClH/c1-4-20(5-2)15(3)14-21-16-10-6-8-12-18(16)22-19-13-9-7-11-17(19)21;1-19-12-5-3-4-11(8-12)16-10-15(18)14-7-6-13(20-2)9-17(14)21-16;/h6-13,15H,4-5,14H2,1-3H3;3-10H,1-2H3;1H. The zero-order valence-electron chi connectivity index (χ0n) is 25.8. The number of anilines is 2. The maximum absolute atomic E-state index is 12.2. The van der Waals surface area contributed by atoms with Crippen molar-refractivity contribution in [2.45, 2.75) is 36.6 Å². The number of hydrogen-bond donors (Lipinski definition) is 0. The van der Waals surface area contributed by atoms with Crippen LogP contribution in [0.3, 0.4) is 0 Å². The van der Waals surface area contributed by atoms with Crippen molar-refractivity contribution in [2.24, 2.45) is 0 Å². The second-order valence-corrected chi connectivity index (χ2v) is 11.4. The van der Waals surface area contributed by atoms with Crippen molar-refractivity contribution in [3.05, 3.63) is 107 Å². The maximum atomic E-state index is 12.2.